The molecule has 192 valence electrons. The van der Waals surface area contributed by atoms with Gasteiger partial charge in [-0.2, -0.15) is 0 Å². The Labute approximate surface area is 217 Å². The number of likely N-dealkylation sites (tertiary alicyclic amines) is 1. The average molecular weight is 502 g/mol. The highest BCUT2D eigenvalue weighted by atomic mass is 19.1. The minimum atomic E-state index is -0.650. The molecule has 3 aromatic carbocycles. The number of carbonyl (C=O) groups excluding carboxylic acids is 1. The zero-order valence-electron chi connectivity index (χ0n) is 21.6. The van der Waals surface area contributed by atoms with E-state index in [4.69, 9.17) is 14.9 Å². The zero-order chi connectivity index (χ0) is 26.6. The molecule has 37 heavy (non-hydrogen) atoms. The van der Waals surface area contributed by atoms with E-state index < -0.39 is 17.5 Å². The molecule has 1 aliphatic rings. The number of hydrogen-bond donors (Lipinski definition) is 2. The molecule has 0 aliphatic carbocycles. The summed E-state index contributed by atoms with van der Waals surface area (Å²) < 4.78 is 26.0. The average Bonchev–Trinajstić information content (AvgIpc) is 3.26. The molecule has 6 nitrogen and oxygen atoms in total. The maximum Gasteiger partial charge on any atom is 0.410 e. The number of amides is 1. The number of ether oxygens (including phenoxy) is 2. The number of nitrogens with zero attached hydrogens (tertiary/aromatic N) is 1. The molecule has 1 saturated heterocycles. The summed E-state index contributed by atoms with van der Waals surface area (Å²) in [5.74, 6) is 0.355. The van der Waals surface area contributed by atoms with E-state index in [1.165, 1.54) is 11.0 Å². The molecule has 1 fully saturated rings. The van der Waals surface area contributed by atoms with Crippen LogP contribution in [0.2, 0.25) is 0 Å². The lowest BCUT2D eigenvalue weighted by Gasteiger charge is -2.23. The fraction of sp³-hybridized carbons (Fsp3) is 0.267. The number of carbonyl (C=O) groups is 1. The lowest BCUT2D eigenvalue weighted by molar-refractivity contribution is 0.0309. The minimum Gasteiger partial charge on any atom is -0.496 e. The topological polar surface area (TPSA) is 74.7 Å². The molecular weight excluding hydrogens is 469 g/mol. The molecule has 4 rings (SSSR count). The van der Waals surface area contributed by atoms with Crippen molar-refractivity contribution >= 4 is 17.5 Å². The van der Waals surface area contributed by atoms with Gasteiger partial charge in [0.15, 0.2) is 0 Å². The number of benzene rings is 3. The normalized spacial score (nSPS) is 14.9. The van der Waals surface area contributed by atoms with E-state index in [1.807, 2.05) is 48.5 Å². The Balaban J connectivity index is 1.66. The predicted octanol–water partition coefficient (Wildman–Crippen LogP) is 6.27. The zero-order valence-corrected chi connectivity index (χ0v) is 21.6. The first-order valence-corrected chi connectivity index (χ1v) is 12.2. The van der Waals surface area contributed by atoms with E-state index in [2.05, 4.69) is 5.32 Å². The van der Waals surface area contributed by atoms with E-state index in [0.29, 0.717) is 23.4 Å². The van der Waals surface area contributed by atoms with Crippen LogP contribution in [0.25, 0.3) is 16.8 Å². The van der Waals surface area contributed by atoms with Crippen LogP contribution in [0, 0.1) is 11.2 Å². The summed E-state index contributed by atoms with van der Waals surface area (Å²) in [5, 5.41) is 12.0. The molecule has 2 N–H and O–H groups in total. The third-order valence-corrected chi connectivity index (χ3v) is 5.98. The maximum atomic E-state index is 14.9. The molecule has 1 amide bonds. The first-order valence-electron chi connectivity index (χ1n) is 12.2. The SMILES string of the molecule is COc1ccc(CN/C(=C2/CN(C(=O)OC(C)(C)C)CC2=N)c2ccccc2F)cc1-c1ccccc1. The molecule has 0 atom stereocenters. The molecule has 3 aromatic rings. The van der Waals surface area contributed by atoms with Gasteiger partial charge in [0.2, 0.25) is 0 Å². The van der Waals surface area contributed by atoms with Crippen molar-refractivity contribution in [2.75, 3.05) is 20.2 Å². The fourth-order valence-corrected chi connectivity index (χ4v) is 4.24. The van der Waals surface area contributed by atoms with Crippen molar-refractivity contribution in [3.8, 4) is 16.9 Å². The first kappa shape index (κ1) is 25.9. The third-order valence-electron chi connectivity index (χ3n) is 5.98. The van der Waals surface area contributed by atoms with Gasteiger partial charge in [-0.05, 0) is 56.2 Å². The van der Waals surface area contributed by atoms with Gasteiger partial charge in [-0.25, -0.2) is 9.18 Å². The summed E-state index contributed by atoms with van der Waals surface area (Å²) in [6.45, 7) is 6.04. The summed E-state index contributed by atoms with van der Waals surface area (Å²) in [6, 6.07) is 22.3. The molecule has 0 radical (unpaired) electrons. The molecule has 7 heteroatoms. The van der Waals surface area contributed by atoms with Gasteiger partial charge < -0.3 is 20.2 Å². The highest BCUT2D eigenvalue weighted by molar-refractivity contribution is 6.09. The summed E-state index contributed by atoms with van der Waals surface area (Å²) >= 11 is 0. The van der Waals surface area contributed by atoms with E-state index in [1.54, 1.807) is 46.1 Å². The second-order valence-corrected chi connectivity index (χ2v) is 9.90. The predicted molar refractivity (Wildman–Crippen MR) is 144 cm³/mol. The van der Waals surface area contributed by atoms with Crippen LogP contribution < -0.4 is 10.1 Å². The van der Waals surface area contributed by atoms with Crippen LogP contribution in [0.1, 0.15) is 31.9 Å². The highest BCUT2D eigenvalue weighted by Gasteiger charge is 2.32. The highest BCUT2D eigenvalue weighted by Crippen LogP contribution is 2.31. The quantitative estimate of drug-likeness (QED) is 0.417. The molecular formula is C30H32FN3O3. The van der Waals surface area contributed by atoms with Gasteiger partial charge in [-0.1, -0.05) is 48.5 Å². The number of hydrogen-bond acceptors (Lipinski definition) is 5. The maximum absolute atomic E-state index is 14.9. The third kappa shape index (κ3) is 6.17. The Kier molecular flexibility index (Phi) is 7.62. The largest absolute Gasteiger partial charge is 0.496 e. The van der Waals surface area contributed by atoms with Crippen LogP contribution >= 0.6 is 0 Å². The fourth-order valence-electron chi connectivity index (χ4n) is 4.24. The van der Waals surface area contributed by atoms with Crippen molar-refractivity contribution in [3.63, 3.8) is 0 Å². The summed E-state index contributed by atoms with van der Waals surface area (Å²) in [6.07, 6.45) is -0.497. The first-order chi connectivity index (χ1) is 17.7. The van der Waals surface area contributed by atoms with Crippen LogP contribution in [0.5, 0.6) is 5.75 Å². The van der Waals surface area contributed by atoms with Gasteiger partial charge in [0.05, 0.1) is 31.6 Å². The Bertz CT molecular complexity index is 1330. The van der Waals surface area contributed by atoms with E-state index in [0.717, 1.165) is 22.4 Å². The number of rotatable bonds is 6. The molecule has 1 heterocycles. The van der Waals surface area contributed by atoms with Crippen LogP contribution in [0.15, 0.2) is 78.4 Å². The molecule has 1 aliphatic heterocycles. The standard InChI is InChI=1S/C30H32FN3O3/c1-30(2,3)37-29(35)34-18-24(26(32)19-34)28(22-12-8-9-13-25(22)31)33-17-20-14-15-27(36-4)23(16-20)21-10-6-5-7-11-21/h5-16,32-33H,17-19H2,1-4H3/b28-24-,32-26?. The summed E-state index contributed by atoms with van der Waals surface area (Å²) in [7, 11) is 1.64. The van der Waals surface area contributed by atoms with Crippen molar-refractivity contribution in [3.05, 3.63) is 95.3 Å². The van der Waals surface area contributed by atoms with Gasteiger partial charge in [0, 0.05) is 23.2 Å². The summed E-state index contributed by atoms with van der Waals surface area (Å²) in [5.41, 5.74) is 3.94. The minimum absolute atomic E-state index is 0.102. The number of nitrogens with one attached hydrogen (secondary N) is 2. The Morgan fingerprint density at radius 3 is 2.41 bits per heavy atom. The van der Waals surface area contributed by atoms with E-state index in [-0.39, 0.29) is 18.8 Å². The molecule has 0 saturated carbocycles. The number of halogens is 1. The monoisotopic (exact) mass is 501 g/mol. The van der Waals surface area contributed by atoms with Crippen LogP contribution in [0.3, 0.4) is 0 Å². The van der Waals surface area contributed by atoms with Crippen molar-refractivity contribution in [2.45, 2.75) is 32.9 Å². The Morgan fingerprint density at radius 2 is 1.73 bits per heavy atom. The van der Waals surface area contributed by atoms with Gasteiger partial charge in [-0.15, -0.1) is 0 Å². The molecule has 0 spiro atoms. The lowest BCUT2D eigenvalue weighted by atomic mass is 10.0. The van der Waals surface area contributed by atoms with Crippen molar-refractivity contribution in [1.82, 2.24) is 10.2 Å². The smallest absolute Gasteiger partial charge is 0.410 e. The van der Waals surface area contributed by atoms with Crippen LogP contribution in [-0.4, -0.2) is 42.5 Å². The van der Waals surface area contributed by atoms with E-state index >= 15 is 0 Å². The second-order valence-electron chi connectivity index (χ2n) is 9.90. The van der Waals surface area contributed by atoms with Gasteiger partial charge >= 0.3 is 6.09 Å². The van der Waals surface area contributed by atoms with Gasteiger partial charge in [0.1, 0.15) is 17.2 Å². The van der Waals surface area contributed by atoms with E-state index in [9.17, 15) is 9.18 Å². The van der Waals surface area contributed by atoms with Crippen molar-refractivity contribution in [2.24, 2.45) is 0 Å². The number of methoxy groups -OCH3 is 1. The van der Waals surface area contributed by atoms with Crippen molar-refractivity contribution < 1.29 is 18.7 Å². The van der Waals surface area contributed by atoms with Gasteiger partial charge in [0.25, 0.3) is 0 Å². The Hall–Kier alpha value is -4.13. The molecule has 0 aromatic heterocycles. The lowest BCUT2D eigenvalue weighted by Crippen LogP contribution is -2.35. The van der Waals surface area contributed by atoms with Crippen molar-refractivity contribution in [1.29, 1.82) is 5.41 Å². The van der Waals surface area contributed by atoms with Crippen LogP contribution in [0.4, 0.5) is 9.18 Å². The Morgan fingerprint density at radius 1 is 1.03 bits per heavy atom. The van der Waals surface area contributed by atoms with Crippen LogP contribution in [-0.2, 0) is 11.3 Å². The molecule has 0 unspecified atom stereocenters. The molecule has 0 bridgehead atoms. The summed E-state index contributed by atoms with van der Waals surface area (Å²) in [4.78, 5) is 14.1. The second kappa shape index (κ2) is 10.9. The van der Waals surface area contributed by atoms with Gasteiger partial charge in [-0.3, -0.25) is 4.90 Å².